The van der Waals surface area contributed by atoms with Crippen LogP contribution in [0.15, 0.2) is 35.0 Å². The Hall–Kier alpha value is -1.79. The van der Waals surface area contributed by atoms with Crippen LogP contribution in [0, 0.1) is 18.3 Å². The average Bonchev–Trinajstić information content (AvgIpc) is 2.72. The molecule has 2 rings (SSSR count). The van der Waals surface area contributed by atoms with Crippen molar-refractivity contribution < 1.29 is 0 Å². The molecule has 0 amide bonds. The summed E-state index contributed by atoms with van der Waals surface area (Å²) in [6, 6.07) is 9.74. The first-order chi connectivity index (χ1) is 7.81. The fraction of sp³-hybridized carbons (Fsp3) is 0.154. The van der Waals surface area contributed by atoms with Gasteiger partial charge in [0.15, 0.2) is 0 Å². The molecule has 0 saturated heterocycles. The summed E-state index contributed by atoms with van der Waals surface area (Å²) < 4.78 is 0. The molecule has 0 fully saturated rings. The molecule has 1 heterocycles. The average molecular weight is 228 g/mol. The fourth-order valence-corrected chi connectivity index (χ4v) is 2.35. The zero-order valence-corrected chi connectivity index (χ0v) is 9.84. The van der Waals surface area contributed by atoms with Crippen LogP contribution in [0.2, 0.25) is 0 Å². The summed E-state index contributed by atoms with van der Waals surface area (Å²) >= 11 is 1.71. The van der Waals surface area contributed by atoms with Crippen molar-refractivity contribution >= 4 is 17.0 Å². The molecule has 16 heavy (non-hydrogen) atoms. The number of rotatable bonds is 3. The molecule has 1 aromatic carbocycles. The van der Waals surface area contributed by atoms with E-state index in [1.807, 2.05) is 24.3 Å². The Labute approximate surface area is 99.2 Å². The third-order valence-electron chi connectivity index (χ3n) is 2.48. The van der Waals surface area contributed by atoms with Gasteiger partial charge < -0.3 is 5.32 Å². The molecule has 0 atom stereocenters. The van der Waals surface area contributed by atoms with E-state index in [1.165, 1.54) is 11.1 Å². The van der Waals surface area contributed by atoms with Gasteiger partial charge in [0.05, 0.1) is 11.3 Å². The molecule has 0 unspecified atom stereocenters. The molecule has 3 heteroatoms. The molecule has 0 bridgehead atoms. The van der Waals surface area contributed by atoms with E-state index in [1.54, 1.807) is 11.3 Å². The van der Waals surface area contributed by atoms with E-state index in [2.05, 4.69) is 29.1 Å². The standard InChI is InChI=1S/C13H12N2S/c1-10-8-16-9-12(10)7-15-13-5-3-2-4-11(13)6-14/h2-5,8-9,15H,7H2,1H3. The van der Waals surface area contributed by atoms with Crippen molar-refractivity contribution in [3.05, 3.63) is 51.7 Å². The predicted molar refractivity (Wildman–Crippen MR) is 67.5 cm³/mol. The lowest BCUT2D eigenvalue weighted by molar-refractivity contribution is 1.13. The van der Waals surface area contributed by atoms with Crippen molar-refractivity contribution in [2.45, 2.75) is 13.5 Å². The van der Waals surface area contributed by atoms with Gasteiger partial charge in [-0.2, -0.15) is 16.6 Å². The van der Waals surface area contributed by atoms with E-state index in [9.17, 15) is 0 Å². The Morgan fingerprint density at radius 3 is 2.81 bits per heavy atom. The van der Waals surface area contributed by atoms with E-state index in [0.717, 1.165) is 12.2 Å². The van der Waals surface area contributed by atoms with Crippen LogP contribution in [-0.2, 0) is 6.54 Å². The molecule has 0 aliphatic rings. The van der Waals surface area contributed by atoms with E-state index >= 15 is 0 Å². The summed E-state index contributed by atoms with van der Waals surface area (Å²) in [5, 5.41) is 16.5. The first kappa shape index (κ1) is 10.7. The quantitative estimate of drug-likeness (QED) is 0.872. The third-order valence-corrected chi connectivity index (χ3v) is 3.39. The summed E-state index contributed by atoms with van der Waals surface area (Å²) in [5.41, 5.74) is 4.18. The second-order valence-electron chi connectivity index (χ2n) is 3.59. The number of thiophene rings is 1. The normalized spacial score (nSPS) is 9.75. The van der Waals surface area contributed by atoms with Crippen molar-refractivity contribution in [1.82, 2.24) is 0 Å². The first-order valence-electron chi connectivity index (χ1n) is 5.06. The molecule has 2 nitrogen and oxygen atoms in total. The number of nitriles is 1. The van der Waals surface area contributed by atoms with Gasteiger partial charge in [-0.3, -0.25) is 0 Å². The summed E-state index contributed by atoms with van der Waals surface area (Å²) in [4.78, 5) is 0. The zero-order chi connectivity index (χ0) is 11.4. The van der Waals surface area contributed by atoms with Crippen molar-refractivity contribution in [3.63, 3.8) is 0 Å². The van der Waals surface area contributed by atoms with Gasteiger partial charge in [0, 0.05) is 6.54 Å². The monoisotopic (exact) mass is 228 g/mol. The van der Waals surface area contributed by atoms with Crippen molar-refractivity contribution in [1.29, 1.82) is 5.26 Å². The first-order valence-corrected chi connectivity index (χ1v) is 6.00. The predicted octanol–water partition coefficient (Wildman–Crippen LogP) is 3.54. The fourth-order valence-electron chi connectivity index (χ4n) is 1.49. The number of hydrogen-bond donors (Lipinski definition) is 1. The zero-order valence-electron chi connectivity index (χ0n) is 9.03. The SMILES string of the molecule is Cc1cscc1CNc1ccccc1C#N. The van der Waals surface area contributed by atoms with Crippen LogP contribution in [-0.4, -0.2) is 0 Å². The van der Waals surface area contributed by atoms with Gasteiger partial charge in [0.2, 0.25) is 0 Å². The highest BCUT2D eigenvalue weighted by Crippen LogP contribution is 2.18. The minimum Gasteiger partial charge on any atom is -0.380 e. The third kappa shape index (κ3) is 2.23. The molecule has 2 aromatic rings. The number of aryl methyl sites for hydroxylation is 1. The van der Waals surface area contributed by atoms with Gasteiger partial charge in [0.25, 0.3) is 0 Å². The van der Waals surface area contributed by atoms with Gasteiger partial charge in [-0.05, 0) is 40.9 Å². The maximum Gasteiger partial charge on any atom is 0.101 e. The highest BCUT2D eigenvalue weighted by Gasteiger charge is 2.02. The van der Waals surface area contributed by atoms with Gasteiger partial charge in [0.1, 0.15) is 6.07 Å². The maximum atomic E-state index is 8.94. The lowest BCUT2D eigenvalue weighted by Crippen LogP contribution is -2.01. The smallest absolute Gasteiger partial charge is 0.101 e. The number of nitrogens with zero attached hydrogens (tertiary/aromatic N) is 1. The van der Waals surface area contributed by atoms with Crippen LogP contribution in [0.3, 0.4) is 0 Å². The molecule has 1 N–H and O–H groups in total. The number of hydrogen-bond acceptors (Lipinski definition) is 3. The lowest BCUT2D eigenvalue weighted by Gasteiger charge is -2.07. The number of benzene rings is 1. The van der Waals surface area contributed by atoms with E-state index in [0.29, 0.717) is 5.56 Å². The lowest BCUT2D eigenvalue weighted by atomic mass is 10.1. The molecule has 1 aromatic heterocycles. The Balaban J connectivity index is 2.11. The minimum absolute atomic E-state index is 0.690. The van der Waals surface area contributed by atoms with Crippen LogP contribution in [0.4, 0.5) is 5.69 Å². The Morgan fingerprint density at radius 1 is 1.31 bits per heavy atom. The molecular weight excluding hydrogens is 216 g/mol. The maximum absolute atomic E-state index is 8.94. The van der Waals surface area contributed by atoms with E-state index in [-0.39, 0.29) is 0 Å². The summed E-state index contributed by atoms with van der Waals surface area (Å²) in [5.74, 6) is 0. The summed E-state index contributed by atoms with van der Waals surface area (Å²) in [7, 11) is 0. The second kappa shape index (κ2) is 4.82. The molecule has 0 aliphatic carbocycles. The van der Waals surface area contributed by atoms with Crippen LogP contribution in [0.1, 0.15) is 16.7 Å². The highest BCUT2D eigenvalue weighted by molar-refractivity contribution is 7.08. The van der Waals surface area contributed by atoms with Gasteiger partial charge in [-0.25, -0.2) is 0 Å². The van der Waals surface area contributed by atoms with Crippen molar-refractivity contribution in [2.24, 2.45) is 0 Å². The number of para-hydroxylation sites is 1. The van der Waals surface area contributed by atoms with E-state index in [4.69, 9.17) is 5.26 Å². The molecule has 0 spiro atoms. The Bertz CT molecular complexity index is 523. The molecule has 0 radical (unpaired) electrons. The van der Waals surface area contributed by atoms with Crippen LogP contribution in [0.25, 0.3) is 0 Å². The van der Waals surface area contributed by atoms with Crippen LogP contribution >= 0.6 is 11.3 Å². The van der Waals surface area contributed by atoms with Crippen molar-refractivity contribution in [3.8, 4) is 6.07 Å². The molecular formula is C13H12N2S. The van der Waals surface area contributed by atoms with Gasteiger partial charge in [-0.1, -0.05) is 12.1 Å². The second-order valence-corrected chi connectivity index (χ2v) is 4.33. The molecule has 80 valence electrons. The number of anilines is 1. The largest absolute Gasteiger partial charge is 0.380 e. The van der Waals surface area contributed by atoms with Gasteiger partial charge >= 0.3 is 0 Å². The Kier molecular flexibility index (Phi) is 3.23. The topological polar surface area (TPSA) is 35.8 Å². The van der Waals surface area contributed by atoms with Crippen LogP contribution in [0.5, 0.6) is 0 Å². The summed E-state index contributed by atoms with van der Waals surface area (Å²) in [6.07, 6.45) is 0. The van der Waals surface area contributed by atoms with Crippen molar-refractivity contribution in [2.75, 3.05) is 5.32 Å². The summed E-state index contributed by atoms with van der Waals surface area (Å²) in [6.45, 7) is 2.87. The van der Waals surface area contributed by atoms with Gasteiger partial charge in [-0.15, -0.1) is 0 Å². The van der Waals surface area contributed by atoms with E-state index < -0.39 is 0 Å². The number of nitrogens with one attached hydrogen (secondary N) is 1. The minimum atomic E-state index is 0.690. The molecule has 0 saturated carbocycles. The highest BCUT2D eigenvalue weighted by atomic mass is 32.1. The molecule has 0 aliphatic heterocycles. The van der Waals surface area contributed by atoms with Crippen LogP contribution < -0.4 is 5.32 Å². The Morgan fingerprint density at radius 2 is 2.12 bits per heavy atom.